The second kappa shape index (κ2) is 7.88. The molecule has 3 aromatic carbocycles. The summed E-state index contributed by atoms with van der Waals surface area (Å²) < 4.78 is 11.3. The smallest absolute Gasteiger partial charge is 0.284 e. The van der Waals surface area contributed by atoms with Crippen molar-refractivity contribution in [3.05, 3.63) is 69.2 Å². The minimum Gasteiger partial charge on any atom is -0.867 e. The van der Waals surface area contributed by atoms with Crippen molar-refractivity contribution in [3.63, 3.8) is 0 Å². The lowest BCUT2D eigenvalue weighted by molar-refractivity contribution is -0.398. The highest BCUT2D eigenvalue weighted by atomic mass is 35.5. The number of amides is 1. The number of nitro groups is 1. The fourth-order valence-corrected chi connectivity index (χ4v) is 3.18. The molecule has 10 heteroatoms. The van der Waals surface area contributed by atoms with Crippen molar-refractivity contribution in [2.75, 3.05) is 6.61 Å². The highest BCUT2D eigenvalue weighted by molar-refractivity contribution is 6.31. The highest BCUT2D eigenvalue weighted by Gasteiger charge is 2.27. The van der Waals surface area contributed by atoms with Crippen molar-refractivity contribution in [2.45, 2.75) is 6.10 Å². The molecule has 9 nitrogen and oxygen atoms in total. The summed E-state index contributed by atoms with van der Waals surface area (Å²) in [5.41, 5.74) is 1.43. The molecule has 0 saturated carbocycles. The van der Waals surface area contributed by atoms with Gasteiger partial charge in [-0.1, -0.05) is 35.9 Å². The maximum absolute atomic E-state index is 12.3. The van der Waals surface area contributed by atoms with E-state index in [1.807, 2.05) is 30.3 Å². The molecule has 0 bridgehead atoms. The summed E-state index contributed by atoms with van der Waals surface area (Å²) in [5.74, 6) is -0.505. The third-order valence-corrected chi connectivity index (χ3v) is 4.62. The number of hydrogen-bond acceptors (Lipinski definition) is 7. The number of rotatable bonds is 4. The Morgan fingerprint density at radius 2 is 1.90 bits per heavy atom. The fourth-order valence-electron chi connectivity index (χ4n) is 2.95. The fraction of sp³-hybridized carbons (Fsp3) is 0.100. The van der Waals surface area contributed by atoms with Crippen LogP contribution in [0.4, 0.5) is 5.69 Å². The number of fused-ring (bicyclic) bond motifs is 2. The summed E-state index contributed by atoms with van der Waals surface area (Å²) in [5, 5.41) is 28.5. The number of benzene rings is 3. The van der Waals surface area contributed by atoms with E-state index in [-0.39, 0.29) is 17.2 Å². The van der Waals surface area contributed by atoms with Crippen LogP contribution >= 0.6 is 11.6 Å². The average Bonchev–Trinajstić information content (AvgIpc) is 2.73. The molecular formula is C20H13ClN3O6-. The number of carbonyl (C=O) groups excluding carboxylic acids is 1. The summed E-state index contributed by atoms with van der Waals surface area (Å²) >= 11 is 5.79. The molecule has 0 aliphatic carbocycles. The summed E-state index contributed by atoms with van der Waals surface area (Å²) in [7, 11) is 0. The average molecular weight is 427 g/mol. The Kier molecular flexibility index (Phi) is 5.11. The zero-order valence-corrected chi connectivity index (χ0v) is 16.0. The van der Waals surface area contributed by atoms with Gasteiger partial charge in [0.2, 0.25) is 6.10 Å². The number of nitrogens with one attached hydrogen (secondary N) is 1. The first-order chi connectivity index (χ1) is 14.4. The maximum Gasteiger partial charge on any atom is 0.284 e. The molecule has 1 atom stereocenters. The number of ether oxygens (including phenoxy) is 2. The molecule has 0 spiro atoms. The third kappa shape index (κ3) is 3.83. The van der Waals surface area contributed by atoms with E-state index < -0.39 is 28.4 Å². The van der Waals surface area contributed by atoms with E-state index in [2.05, 4.69) is 10.5 Å². The highest BCUT2D eigenvalue weighted by Crippen LogP contribution is 2.36. The number of halogens is 1. The normalized spacial score (nSPS) is 15.3. The number of hydrazone groups is 1. The predicted molar refractivity (Wildman–Crippen MR) is 107 cm³/mol. The molecule has 1 aliphatic heterocycles. The zero-order valence-electron chi connectivity index (χ0n) is 15.2. The van der Waals surface area contributed by atoms with Crippen LogP contribution < -0.4 is 20.0 Å². The van der Waals surface area contributed by atoms with Gasteiger partial charge in [-0.05, 0) is 40.3 Å². The Balaban J connectivity index is 1.47. The standard InChI is InChI=1S/C20H14ClN3O6/c21-14-5-13(19(25)15(8-14)24(27)28)9-22-23-20(26)18-10-29-16-6-11-3-1-2-4-12(11)7-17(16)30-18/h1-9,18,25H,10H2,(H,23,26)/p-1/t18-/m1/s1. The number of nitrogens with zero attached hydrogens (tertiary/aromatic N) is 2. The van der Waals surface area contributed by atoms with Gasteiger partial charge in [0, 0.05) is 11.1 Å². The summed E-state index contributed by atoms with van der Waals surface area (Å²) in [4.78, 5) is 22.4. The van der Waals surface area contributed by atoms with Crippen LogP contribution in [-0.2, 0) is 4.79 Å². The molecule has 152 valence electrons. The summed E-state index contributed by atoms with van der Waals surface area (Å²) in [6.45, 7) is -0.0257. The van der Waals surface area contributed by atoms with Crippen LogP contribution in [0, 0.1) is 10.1 Å². The Morgan fingerprint density at radius 1 is 1.20 bits per heavy atom. The lowest BCUT2D eigenvalue weighted by atomic mass is 10.1. The minimum absolute atomic E-state index is 0.00178. The van der Waals surface area contributed by atoms with Gasteiger partial charge in [0.25, 0.3) is 11.6 Å². The lowest BCUT2D eigenvalue weighted by Crippen LogP contribution is -2.42. The minimum atomic E-state index is -0.962. The second-order valence-electron chi connectivity index (χ2n) is 6.40. The van der Waals surface area contributed by atoms with Crippen LogP contribution in [0.25, 0.3) is 10.8 Å². The number of carbonyl (C=O) groups is 1. The van der Waals surface area contributed by atoms with Crippen LogP contribution in [0.3, 0.4) is 0 Å². The summed E-state index contributed by atoms with van der Waals surface area (Å²) in [6.07, 6.45) is 0.0285. The van der Waals surface area contributed by atoms with E-state index in [4.69, 9.17) is 21.1 Å². The molecule has 0 radical (unpaired) electrons. The zero-order chi connectivity index (χ0) is 21.3. The molecule has 1 N–H and O–H groups in total. The van der Waals surface area contributed by atoms with Crippen molar-refractivity contribution in [2.24, 2.45) is 5.10 Å². The van der Waals surface area contributed by atoms with Gasteiger partial charge < -0.3 is 14.6 Å². The van der Waals surface area contributed by atoms with Gasteiger partial charge in [-0.15, -0.1) is 0 Å². The van der Waals surface area contributed by atoms with Crippen molar-refractivity contribution < 1.29 is 24.3 Å². The van der Waals surface area contributed by atoms with Gasteiger partial charge in [-0.2, -0.15) is 5.10 Å². The van der Waals surface area contributed by atoms with Crippen molar-refractivity contribution in [1.82, 2.24) is 5.43 Å². The van der Waals surface area contributed by atoms with Gasteiger partial charge >= 0.3 is 0 Å². The number of hydrogen-bond donors (Lipinski definition) is 1. The molecule has 4 rings (SSSR count). The Labute approximate surface area is 174 Å². The van der Waals surface area contributed by atoms with E-state index in [9.17, 15) is 20.0 Å². The van der Waals surface area contributed by atoms with Gasteiger partial charge in [-0.3, -0.25) is 14.9 Å². The predicted octanol–water partition coefficient (Wildman–Crippen LogP) is 2.77. The van der Waals surface area contributed by atoms with Crippen LogP contribution in [0.5, 0.6) is 17.2 Å². The number of nitro benzene ring substituents is 1. The third-order valence-electron chi connectivity index (χ3n) is 4.40. The van der Waals surface area contributed by atoms with E-state index in [1.165, 1.54) is 6.07 Å². The lowest BCUT2D eigenvalue weighted by Gasteiger charge is -2.25. The largest absolute Gasteiger partial charge is 0.867 e. The summed E-state index contributed by atoms with van der Waals surface area (Å²) in [6, 6.07) is 13.4. The molecule has 3 aromatic rings. The van der Waals surface area contributed by atoms with Crippen LogP contribution in [0.15, 0.2) is 53.6 Å². The molecule has 1 heterocycles. The molecule has 0 fully saturated rings. The van der Waals surface area contributed by atoms with Crippen molar-refractivity contribution in [3.8, 4) is 17.2 Å². The Bertz CT molecular complexity index is 1200. The van der Waals surface area contributed by atoms with Gasteiger partial charge in [-0.25, -0.2) is 5.43 Å². The van der Waals surface area contributed by atoms with Gasteiger partial charge in [0.05, 0.1) is 11.1 Å². The van der Waals surface area contributed by atoms with E-state index in [0.717, 1.165) is 23.1 Å². The molecule has 0 aromatic heterocycles. The molecule has 30 heavy (non-hydrogen) atoms. The first kappa shape index (κ1) is 19.5. The van der Waals surface area contributed by atoms with E-state index in [0.29, 0.717) is 11.5 Å². The van der Waals surface area contributed by atoms with Crippen LogP contribution in [0.1, 0.15) is 5.56 Å². The molecule has 1 amide bonds. The van der Waals surface area contributed by atoms with Crippen molar-refractivity contribution >= 4 is 40.2 Å². The van der Waals surface area contributed by atoms with Crippen LogP contribution in [0.2, 0.25) is 5.02 Å². The molecule has 0 saturated heterocycles. The molecular weight excluding hydrogens is 414 g/mol. The molecule has 1 aliphatic rings. The topological polar surface area (TPSA) is 126 Å². The first-order valence-electron chi connectivity index (χ1n) is 8.72. The second-order valence-corrected chi connectivity index (χ2v) is 6.83. The first-order valence-corrected chi connectivity index (χ1v) is 9.10. The van der Waals surface area contributed by atoms with Gasteiger partial charge in [0.1, 0.15) is 6.61 Å². The SMILES string of the molecule is O=C(NN=Cc1cc(Cl)cc([N+](=O)[O-])c1[O-])[C@H]1COc2cc3ccccc3cc2O1. The van der Waals surface area contributed by atoms with Crippen molar-refractivity contribution in [1.29, 1.82) is 0 Å². The van der Waals surface area contributed by atoms with Gasteiger partial charge in [0.15, 0.2) is 11.5 Å². The quantitative estimate of drug-likeness (QED) is 0.388. The van der Waals surface area contributed by atoms with E-state index in [1.54, 1.807) is 6.07 Å². The Hall–Kier alpha value is -3.85. The maximum atomic E-state index is 12.3. The Morgan fingerprint density at radius 3 is 2.60 bits per heavy atom. The van der Waals surface area contributed by atoms with Crippen LogP contribution in [-0.4, -0.2) is 29.8 Å². The van der Waals surface area contributed by atoms with E-state index >= 15 is 0 Å². The molecule has 0 unspecified atom stereocenters. The monoisotopic (exact) mass is 426 g/mol.